The van der Waals surface area contributed by atoms with Crippen LogP contribution in [0.3, 0.4) is 0 Å². The van der Waals surface area contributed by atoms with E-state index in [0.29, 0.717) is 17.5 Å². The molecule has 0 fully saturated rings. The predicted molar refractivity (Wildman–Crippen MR) is 178 cm³/mol. The van der Waals surface area contributed by atoms with Gasteiger partial charge < -0.3 is 0 Å². The van der Waals surface area contributed by atoms with Crippen LogP contribution < -0.4 is 0 Å². The van der Waals surface area contributed by atoms with Crippen molar-refractivity contribution in [2.45, 2.75) is 0 Å². The maximum absolute atomic E-state index is 4.91. The van der Waals surface area contributed by atoms with Gasteiger partial charge in [0, 0.05) is 54.8 Å². The number of benzene rings is 5. The van der Waals surface area contributed by atoms with E-state index in [2.05, 4.69) is 77.8 Å². The first kappa shape index (κ1) is 25.2. The third kappa shape index (κ3) is 4.76. The summed E-state index contributed by atoms with van der Waals surface area (Å²) >= 11 is 1.82. The zero-order valence-electron chi connectivity index (χ0n) is 23.1. The van der Waals surface area contributed by atoms with E-state index in [1.165, 1.54) is 20.2 Å². The van der Waals surface area contributed by atoms with E-state index in [1.54, 1.807) is 0 Å². The molecule has 3 heterocycles. The summed E-state index contributed by atoms with van der Waals surface area (Å²) in [6.07, 6.45) is 3.95. The average Bonchev–Trinajstić information content (AvgIpc) is 3.48. The van der Waals surface area contributed by atoms with Gasteiger partial charge in [-0.3, -0.25) is 4.98 Å². The molecule has 0 saturated heterocycles. The number of hydrogen-bond acceptors (Lipinski definition) is 5. The van der Waals surface area contributed by atoms with Crippen LogP contribution in [-0.2, 0) is 0 Å². The van der Waals surface area contributed by atoms with E-state index in [0.717, 1.165) is 38.9 Å². The maximum atomic E-state index is 4.91. The highest BCUT2D eigenvalue weighted by Gasteiger charge is 2.14. The second-order valence-corrected chi connectivity index (χ2v) is 11.4. The van der Waals surface area contributed by atoms with Gasteiger partial charge >= 0.3 is 0 Å². The SMILES string of the molecule is c1ccc(-c2nc(-c3ccccc3)nc(-c3cccc(-c4ccc(-c5cncc6c5sc5ccccc56)cc4)c3)n2)cc1. The van der Waals surface area contributed by atoms with Gasteiger partial charge in [0.1, 0.15) is 0 Å². The van der Waals surface area contributed by atoms with E-state index in [9.17, 15) is 0 Å². The van der Waals surface area contributed by atoms with Crippen molar-refractivity contribution in [2.75, 3.05) is 0 Å². The molecule has 0 saturated carbocycles. The second-order valence-electron chi connectivity index (χ2n) is 10.4. The molecule has 5 aromatic carbocycles. The Morgan fingerprint density at radius 3 is 1.65 bits per heavy atom. The third-order valence-corrected chi connectivity index (χ3v) is 8.86. The molecule has 0 aliphatic heterocycles. The molecule has 0 aliphatic carbocycles. The van der Waals surface area contributed by atoms with Crippen LogP contribution in [0.25, 0.3) is 76.6 Å². The van der Waals surface area contributed by atoms with Crippen LogP contribution in [0, 0.1) is 0 Å². The van der Waals surface area contributed by atoms with E-state index < -0.39 is 0 Å². The summed E-state index contributed by atoms with van der Waals surface area (Å²) in [5.74, 6) is 1.96. The lowest BCUT2D eigenvalue weighted by Gasteiger charge is -2.10. The molecule has 0 bridgehead atoms. The molecule has 202 valence electrons. The molecule has 0 unspecified atom stereocenters. The first-order valence-corrected chi connectivity index (χ1v) is 15.0. The zero-order chi connectivity index (χ0) is 28.6. The summed E-state index contributed by atoms with van der Waals surface area (Å²) in [6.45, 7) is 0. The Morgan fingerprint density at radius 2 is 0.953 bits per heavy atom. The molecular weight excluding hydrogens is 545 g/mol. The first-order valence-electron chi connectivity index (χ1n) is 14.1. The van der Waals surface area contributed by atoms with E-state index >= 15 is 0 Å². The van der Waals surface area contributed by atoms with Crippen LogP contribution in [0.1, 0.15) is 0 Å². The van der Waals surface area contributed by atoms with Crippen molar-refractivity contribution in [1.29, 1.82) is 0 Å². The van der Waals surface area contributed by atoms with Crippen molar-refractivity contribution < 1.29 is 0 Å². The summed E-state index contributed by atoms with van der Waals surface area (Å²) in [4.78, 5) is 19.2. The van der Waals surface area contributed by atoms with Gasteiger partial charge in [-0.1, -0.05) is 121 Å². The molecule has 4 nitrogen and oxygen atoms in total. The van der Waals surface area contributed by atoms with Gasteiger partial charge in [0.15, 0.2) is 17.5 Å². The first-order chi connectivity index (χ1) is 21.3. The molecule has 8 aromatic rings. The quantitative estimate of drug-likeness (QED) is 0.207. The van der Waals surface area contributed by atoms with E-state index in [-0.39, 0.29) is 0 Å². The van der Waals surface area contributed by atoms with Gasteiger partial charge in [-0.2, -0.15) is 0 Å². The Hall–Kier alpha value is -5.52. The van der Waals surface area contributed by atoms with E-state index in [1.807, 2.05) is 84.4 Å². The van der Waals surface area contributed by atoms with Gasteiger partial charge in [0.05, 0.1) is 0 Å². The molecule has 43 heavy (non-hydrogen) atoms. The van der Waals surface area contributed by atoms with Crippen LogP contribution in [0.15, 0.2) is 146 Å². The van der Waals surface area contributed by atoms with Gasteiger partial charge in [0.25, 0.3) is 0 Å². The largest absolute Gasteiger partial charge is 0.263 e. The van der Waals surface area contributed by atoms with Crippen molar-refractivity contribution in [3.8, 4) is 56.4 Å². The maximum Gasteiger partial charge on any atom is 0.164 e. The summed E-state index contributed by atoms with van der Waals surface area (Å²) in [5, 5.41) is 2.46. The molecule has 0 amide bonds. The minimum atomic E-state index is 0.647. The van der Waals surface area contributed by atoms with Crippen molar-refractivity contribution in [3.63, 3.8) is 0 Å². The number of hydrogen-bond donors (Lipinski definition) is 0. The minimum Gasteiger partial charge on any atom is -0.263 e. The summed E-state index contributed by atoms with van der Waals surface area (Å²) < 4.78 is 2.55. The summed E-state index contributed by atoms with van der Waals surface area (Å²) in [7, 11) is 0. The van der Waals surface area contributed by atoms with Crippen LogP contribution in [0.4, 0.5) is 0 Å². The molecule has 3 aromatic heterocycles. The summed E-state index contributed by atoms with van der Waals surface area (Å²) in [6, 6.07) is 45.8. The van der Waals surface area contributed by atoms with E-state index in [4.69, 9.17) is 15.0 Å². The van der Waals surface area contributed by atoms with Crippen molar-refractivity contribution >= 4 is 31.5 Å². The van der Waals surface area contributed by atoms with Gasteiger partial charge in [-0.25, -0.2) is 15.0 Å². The lowest BCUT2D eigenvalue weighted by Crippen LogP contribution is -2.00. The Balaban J connectivity index is 1.18. The fraction of sp³-hybridized carbons (Fsp3) is 0. The number of thiophene rings is 1. The van der Waals surface area contributed by atoms with Gasteiger partial charge in [-0.15, -0.1) is 11.3 Å². The highest BCUT2D eigenvalue weighted by molar-refractivity contribution is 7.26. The number of rotatable bonds is 5. The van der Waals surface area contributed by atoms with Gasteiger partial charge in [0.2, 0.25) is 0 Å². The molecular formula is C38H24N4S. The lowest BCUT2D eigenvalue weighted by atomic mass is 9.99. The number of aromatic nitrogens is 4. The fourth-order valence-electron chi connectivity index (χ4n) is 5.46. The number of nitrogens with zero attached hydrogens (tertiary/aromatic N) is 4. The molecule has 0 spiro atoms. The number of pyridine rings is 1. The summed E-state index contributed by atoms with van der Waals surface area (Å²) in [5.41, 5.74) is 7.40. The van der Waals surface area contributed by atoms with Gasteiger partial charge in [-0.05, 0) is 28.8 Å². The predicted octanol–water partition coefficient (Wildman–Crippen LogP) is 9.97. The lowest BCUT2D eigenvalue weighted by molar-refractivity contribution is 1.07. The molecule has 8 rings (SSSR count). The standard InChI is InChI=1S/C38H24N4S/c1-3-10-27(11-4-1)36-40-37(28-12-5-2-6-13-28)42-38(41-36)30-15-9-14-29(22-30)25-18-20-26(21-19-25)32-23-39-24-33-31-16-7-8-17-34(31)43-35(32)33/h1-24H. The Morgan fingerprint density at radius 1 is 0.395 bits per heavy atom. The van der Waals surface area contributed by atoms with Crippen LogP contribution >= 0.6 is 11.3 Å². The Bertz CT molecular complexity index is 2170. The normalized spacial score (nSPS) is 11.3. The fourth-order valence-corrected chi connectivity index (χ4v) is 6.67. The molecule has 0 aliphatic rings. The monoisotopic (exact) mass is 568 g/mol. The Labute approximate surface area is 253 Å². The molecule has 5 heteroatoms. The third-order valence-electron chi connectivity index (χ3n) is 7.64. The van der Waals surface area contributed by atoms with Crippen LogP contribution in [-0.4, -0.2) is 19.9 Å². The number of fused-ring (bicyclic) bond motifs is 3. The molecule has 0 N–H and O–H groups in total. The second kappa shape index (κ2) is 10.7. The highest BCUT2D eigenvalue weighted by Crippen LogP contribution is 2.39. The smallest absolute Gasteiger partial charge is 0.164 e. The zero-order valence-corrected chi connectivity index (χ0v) is 23.9. The van der Waals surface area contributed by atoms with Crippen LogP contribution in [0.5, 0.6) is 0 Å². The highest BCUT2D eigenvalue weighted by atomic mass is 32.1. The minimum absolute atomic E-state index is 0.647. The topological polar surface area (TPSA) is 51.6 Å². The molecule has 0 atom stereocenters. The molecule has 0 radical (unpaired) electrons. The van der Waals surface area contributed by atoms with Crippen LogP contribution in [0.2, 0.25) is 0 Å². The average molecular weight is 569 g/mol. The van der Waals surface area contributed by atoms with Crippen molar-refractivity contribution in [2.24, 2.45) is 0 Å². The van der Waals surface area contributed by atoms with Crippen molar-refractivity contribution in [1.82, 2.24) is 19.9 Å². The Kier molecular flexibility index (Phi) is 6.28. The van der Waals surface area contributed by atoms with Crippen molar-refractivity contribution in [3.05, 3.63) is 146 Å².